The summed E-state index contributed by atoms with van der Waals surface area (Å²) in [7, 11) is 3.82. The van der Waals surface area contributed by atoms with E-state index < -0.39 is 0 Å². The molecule has 4 rings (SSSR count). The van der Waals surface area contributed by atoms with Gasteiger partial charge in [-0.3, -0.25) is 9.48 Å². The molecule has 0 spiro atoms. The largest absolute Gasteiger partial charge is 0.401 e. The van der Waals surface area contributed by atoms with Crippen LogP contribution in [-0.4, -0.2) is 43.9 Å². The number of benzene rings is 1. The van der Waals surface area contributed by atoms with Gasteiger partial charge in [-0.15, -0.1) is 0 Å². The molecule has 1 atom stereocenters. The number of fused-ring (bicyclic) bond motifs is 1. The van der Waals surface area contributed by atoms with E-state index in [2.05, 4.69) is 21.6 Å². The van der Waals surface area contributed by atoms with Crippen LogP contribution >= 0.6 is 11.9 Å². The minimum atomic E-state index is -0.113. The fourth-order valence-corrected chi connectivity index (χ4v) is 5.32. The molecule has 0 saturated heterocycles. The van der Waals surface area contributed by atoms with Crippen LogP contribution in [0.1, 0.15) is 28.7 Å². The quantitative estimate of drug-likeness (QED) is 0.395. The molecule has 0 radical (unpaired) electrons. The molecule has 2 aromatic heterocycles. The normalized spacial score (nSPS) is 17.2. The summed E-state index contributed by atoms with van der Waals surface area (Å²) in [5, 5.41) is 16.1. The number of aromatic nitrogens is 3. The summed E-state index contributed by atoms with van der Waals surface area (Å²) in [5.74, 6) is 0.0762. The van der Waals surface area contributed by atoms with Crippen LogP contribution in [0.4, 0.5) is 0 Å². The van der Waals surface area contributed by atoms with E-state index in [9.17, 15) is 4.79 Å². The number of carbonyl (C=O) groups excluding carboxylic acids is 1. The van der Waals surface area contributed by atoms with Gasteiger partial charge >= 0.3 is 0 Å². The van der Waals surface area contributed by atoms with Crippen molar-refractivity contribution in [2.24, 2.45) is 25.7 Å². The third-order valence-electron chi connectivity index (χ3n) is 6.13. The van der Waals surface area contributed by atoms with Crippen molar-refractivity contribution in [3.8, 4) is 0 Å². The lowest BCUT2D eigenvalue weighted by molar-refractivity contribution is 0.0942. The summed E-state index contributed by atoms with van der Waals surface area (Å²) < 4.78 is 5.97. The first kappa shape index (κ1) is 22.2. The van der Waals surface area contributed by atoms with E-state index in [-0.39, 0.29) is 11.8 Å². The maximum absolute atomic E-state index is 13.0. The van der Waals surface area contributed by atoms with E-state index in [0.29, 0.717) is 18.8 Å². The minimum absolute atomic E-state index is 0.113. The van der Waals surface area contributed by atoms with E-state index in [0.717, 1.165) is 44.9 Å². The van der Waals surface area contributed by atoms with Crippen molar-refractivity contribution in [3.63, 3.8) is 0 Å². The molecule has 4 N–H and O–H groups in total. The summed E-state index contributed by atoms with van der Waals surface area (Å²) in [6.07, 6.45) is 3.18. The molecule has 32 heavy (non-hydrogen) atoms. The molecule has 1 aliphatic rings. The molecule has 0 fully saturated rings. The molecule has 1 amide bonds. The number of nitrogens with zero attached hydrogens (tertiary/aromatic N) is 4. The van der Waals surface area contributed by atoms with E-state index in [1.165, 1.54) is 6.21 Å². The van der Waals surface area contributed by atoms with Crippen LogP contribution in [0.15, 0.2) is 46.6 Å². The minimum Gasteiger partial charge on any atom is -0.401 e. The highest BCUT2D eigenvalue weighted by molar-refractivity contribution is 7.97. The fourth-order valence-electron chi connectivity index (χ4n) is 4.11. The highest BCUT2D eigenvalue weighted by Gasteiger charge is 2.25. The van der Waals surface area contributed by atoms with Crippen molar-refractivity contribution in [2.75, 3.05) is 13.1 Å². The Morgan fingerprint density at radius 2 is 2.19 bits per heavy atom. The van der Waals surface area contributed by atoms with Crippen LogP contribution < -0.4 is 11.1 Å². The molecule has 0 aliphatic carbocycles. The lowest BCUT2D eigenvalue weighted by Gasteiger charge is -2.31. The van der Waals surface area contributed by atoms with Gasteiger partial charge in [0.15, 0.2) is 0 Å². The molecule has 168 valence electrons. The van der Waals surface area contributed by atoms with Crippen molar-refractivity contribution in [3.05, 3.63) is 58.7 Å². The third kappa shape index (κ3) is 4.05. The fraction of sp³-hybridized carbons (Fsp3) is 0.348. The van der Waals surface area contributed by atoms with Crippen LogP contribution in [0.2, 0.25) is 0 Å². The Hall–Kier alpha value is -3.04. The second-order valence-electron chi connectivity index (χ2n) is 8.28. The lowest BCUT2D eigenvalue weighted by atomic mass is 10.00. The Morgan fingerprint density at radius 3 is 2.94 bits per heavy atom. The highest BCUT2D eigenvalue weighted by atomic mass is 32.2. The van der Waals surface area contributed by atoms with Gasteiger partial charge in [-0.1, -0.05) is 25.1 Å². The summed E-state index contributed by atoms with van der Waals surface area (Å²) >= 11 is 1.62. The topological polar surface area (TPSA) is 105 Å². The van der Waals surface area contributed by atoms with E-state index in [1.54, 1.807) is 11.9 Å². The second kappa shape index (κ2) is 8.84. The number of amides is 1. The number of carbonyl (C=O) groups is 1. The van der Waals surface area contributed by atoms with Crippen molar-refractivity contribution in [1.29, 1.82) is 5.41 Å². The number of para-hydroxylation sites is 1. The molecule has 8 nitrogen and oxygen atoms in total. The number of nitrogens with two attached hydrogens (primary N) is 1. The molecule has 3 heterocycles. The van der Waals surface area contributed by atoms with Gasteiger partial charge < -0.3 is 21.0 Å². The van der Waals surface area contributed by atoms with Gasteiger partial charge in [0.1, 0.15) is 5.69 Å². The van der Waals surface area contributed by atoms with Gasteiger partial charge in [-0.25, -0.2) is 4.31 Å². The molecule has 1 aliphatic heterocycles. The molecular weight excluding hydrogens is 422 g/mol. The Bertz CT molecular complexity index is 1220. The van der Waals surface area contributed by atoms with Gasteiger partial charge in [0.25, 0.3) is 5.91 Å². The summed E-state index contributed by atoms with van der Waals surface area (Å²) in [6.45, 7) is 5.95. The van der Waals surface area contributed by atoms with Gasteiger partial charge in [0.2, 0.25) is 0 Å². The standard InChI is InChI=1S/C23H29N7OS/c1-14-12-30(13-18(9-24)21(14)25)32-20-8-19(28(3)15(20)2)23(31)26-10-16-6-5-7-17-11-27-29(4)22(16)17/h5-9,11,14,24H,10,12-13,25H2,1-4H3,(H,26,31). The smallest absolute Gasteiger partial charge is 0.268 e. The van der Waals surface area contributed by atoms with Gasteiger partial charge in [0.05, 0.1) is 11.7 Å². The maximum Gasteiger partial charge on any atom is 0.268 e. The van der Waals surface area contributed by atoms with Crippen molar-refractivity contribution >= 4 is 35.0 Å². The Morgan fingerprint density at radius 1 is 1.41 bits per heavy atom. The second-order valence-corrected chi connectivity index (χ2v) is 9.42. The van der Waals surface area contributed by atoms with Crippen molar-refractivity contribution < 1.29 is 4.79 Å². The van der Waals surface area contributed by atoms with Gasteiger partial charge in [0, 0.05) is 73.1 Å². The summed E-state index contributed by atoms with van der Waals surface area (Å²) in [4.78, 5) is 14.0. The number of nitrogens with one attached hydrogen (secondary N) is 2. The zero-order valence-corrected chi connectivity index (χ0v) is 19.7. The summed E-state index contributed by atoms with van der Waals surface area (Å²) in [5.41, 5.74) is 11.5. The number of aryl methyl sites for hydroxylation is 1. The molecule has 0 bridgehead atoms. The molecular formula is C23H29N7OS. The van der Waals surface area contributed by atoms with Crippen molar-refractivity contribution in [1.82, 2.24) is 24.0 Å². The van der Waals surface area contributed by atoms with Crippen LogP contribution in [-0.2, 0) is 20.6 Å². The monoisotopic (exact) mass is 451 g/mol. The first-order valence-electron chi connectivity index (χ1n) is 10.6. The van der Waals surface area contributed by atoms with Crippen LogP contribution in [0.5, 0.6) is 0 Å². The SMILES string of the molecule is Cc1c(SN2CC(C=N)=C(N)C(C)C2)cc(C(=O)NCc2cccc3cnn(C)c23)n1C. The average molecular weight is 452 g/mol. The van der Waals surface area contributed by atoms with E-state index >= 15 is 0 Å². The molecule has 0 saturated carbocycles. The Kier molecular flexibility index (Phi) is 6.12. The number of rotatable bonds is 6. The first-order chi connectivity index (χ1) is 15.3. The maximum atomic E-state index is 13.0. The Balaban J connectivity index is 1.49. The van der Waals surface area contributed by atoms with Gasteiger partial charge in [-0.2, -0.15) is 5.10 Å². The summed E-state index contributed by atoms with van der Waals surface area (Å²) in [6, 6.07) is 7.96. The number of hydrogen-bond donors (Lipinski definition) is 3. The molecule has 3 aromatic rings. The third-order valence-corrected chi connectivity index (χ3v) is 7.28. The van der Waals surface area contributed by atoms with E-state index in [1.807, 2.05) is 60.7 Å². The van der Waals surface area contributed by atoms with E-state index in [4.69, 9.17) is 11.1 Å². The predicted molar refractivity (Wildman–Crippen MR) is 129 cm³/mol. The van der Waals surface area contributed by atoms with Crippen LogP contribution in [0.25, 0.3) is 10.9 Å². The Labute approximate surface area is 192 Å². The molecule has 1 unspecified atom stereocenters. The van der Waals surface area contributed by atoms with Gasteiger partial charge in [-0.05, 0) is 30.5 Å². The molecule has 9 heteroatoms. The number of hydrogen-bond acceptors (Lipinski definition) is 6. The predicted octanol–water partition coefficient (Wildman–Crippen LogP) is 2.97. The van der Waals surface area contributed by atoms with Crippen LogP contribution in [0, 0.1) is 18.3 Å². The molecule has 1 aromatic carbocycles. The zero-order chi connectivity index (χ0) is 23.0. The van der Waals surface area contributed by atoms with Crippen LogP contribution in [0.3, 0.4) is 0 Å². The lowest BCUT2D eigenvalue weighted by Crippen LogP contribution is -2.34. The highest BCUT2D eigenvalue weighted by Crippen LogP contribution is 2.33. The first-order valence-corrected chi connectivity index (χ1v) is 11.3. The average Bonchev–Trinajstić information content (AvgIpc) is 3.29. The zero-order valence-electron chi connectivity index (χ0n) is 18.8. The van der Waals surface area contributed by atoms with Crippen molar-refractivity contribution in [2.45, 2.75) is 25.3 Å².